The number of rotatable bonds is 5. The van der Waals surface area contributed by atoms with Crippen LogP contribution in [-0.2, 0) is 9.59 Å². The maximum atomic E-state index is 12.6. The monoisotopic (exact) mass is 401 g/mol. The minimum absolute atomic E-state index is 0.0194. The Morgan fingerprint density at radius 2 is 1.97 bits per heavy atom. The molecule has 2 saturated carbocycles. The van der Waals surface area contributed by atoms with Crippen LogP contribution in [0.15, 0.2) is 4.52 Å². The molecule has 0 aromatic carbocycles. The van der Waals surface area contributed by atoms with Crippen LogP contribution in [0.3, 0.4) is 0 Å². The summed E-state index contributed by atoms with van der Waals surface area (Å²) < 4.78 is 5.51. The average Bonchev–Trinajstić information content (AvgIpc) is 3.35. The predicted molar refractivity (Wildman–Crippen MR) is 105 cm³/mol. The summed E-state index contributed by atoms with van der Waals surface area (Å²) in [6, 6.07) is 0.328. The van der Waals surface area contributed by atoms with Gasteiger partial charge in [0.1, 0.15) is 0 Å². The second-order valence-corrected chi connectivity index (χ2v) is 9.60. The highest BCUT2D eigenvalue weighted by molar-refractivity contribution is 5.81. The Morgan fingerprint density at radius 1 is 1.21 bits per heavy atom. The lowest BCUT2D eigenvalue weighted by atomic mass is 9.76. The zero-order chi connectivity index (χ0) is 20.0. The van der Waals surface area contributed by atoms with E-state index in [0.29, 0.717) is 30.2 Å². The highest BCUT2D eigenvalue weighted by Crippen LogP contribution is 2.49. The number of aromatic nitrogens is 2. The van der Waals surface area contributed by atoms with Gasteiger partial charge in [0.2, 0.25) is 17.7 Å². The molecule has 3 heterocycles. The smallest absolute Gasteiger partial charge is 0.244 e. The molecule has 2 aliphatic carbocycles. The Morgan fingerprint density at radius 3 is 2.55 bits per heavy atom. The Hall–Kier alpha value is -1.96. The molecule has 4 aliphatic rings. The SMILES string of the molecule is Cc1noc(C2CC3(CCN(C(=O)C4CC4)CC3)CN2CC(=O)NC2CCC2)n1. The maximum absolute atomic E-state index is 12.6. The van der Waals surface area contributed by atoms with E-state index >= 15 is 0 Å². The fourth-order valence-corrected chi connectivity index (χ4v) is 5.17. The van der Waals surface area contributed by atoms with Gasteiger partial charge in [-0.25, -0.2) is 0 Å². The van der Waals surface area contributed by atoms with E-state index < -0.39 is 0 Å². The number of nitrogens with one attached hydrogen (secondary N) is 1. The number of amides is 2. The molecule has 1 spiro atoms. The van der Waals surface area contributed by atoms with E-state index in [4.69, 9.17) is 4.52 Å². The van der Waals surface area contributed by atoms with Crippen molar-refractivity contribution in [3.8, 4) is 0 Å². The lowest BCUT2D eigenvalue weighted by Crippen LogP contribution is -2.47. The van der Waals surface area contributed by atoms with E-state index in [1.54, 1.807) is 0 Å². The van der Waals surface area contributed by atoms with E-state index in [1.165, 1.54) is 6.42 Å². The number of hydrogen-bond donors (Lipinski definition) is 1. The molecule has 2 saturated heterocycles. The molecule has 4 fully saturated rings. The number of carbonyl (C=O) groups excluding carboxylic acids is 2. The first-order valence-corrected chi connectivity index (χ1v) is 11.1. The van der Waals surface area contributed by atoms with E-state index in [1.807, 2.05) is 6.92 Å². The summed E-state index contributed by atoms with van der Waals surface area (Å²) in [6.07, 6.45) is 8.38. The van der Waals surface area contributed by atoms with Crippen molar-refractivity contribution >= 4 is 11.8 Å². The van der Waals surface area contributed by atoms with Crippen LogP contribution in [0.5, 0.6) is 0 Å². The standard InChI is InChI=1S/C21H31N5O3/c1-14-22-19(29-24-14)17-11-21(7-9-25(10-8-21)20(28)15-5-6-15)13-26(17)12-18(27)23-16-3-2-4-16/h15-17H,2-13H2,1H3,(H,23,27). The zero-order valence-corrected chi connectivity index (χ0v) is 17.2. The number of aryl methyl sites for hydroxylation is 1. The van der Waals surface area contributed by atoms with Crippen LogP contribution in [0.1, 0.15) is 69.1 Å². The minimum atomic E-state index is -0.0194. The summed E-state index contributed by atoms with van der Waals surface area (Å²) in [6.45, 7) is 4.70. The van der Waals surface area contributed by atoms with Gasteiger partial charge < -0.3 is 14.7 Å². The number of likely N-dealkylation sites (tertiary alicyclic amines) is 2. The van der Waals surface area contributed by atoms with Gasteiger partial charge in [-0.1, -0.05) is 5.16 Å². The molecule has 1 unspecified atom stereocenters. The first-order valence-electron chi connectivity index (χ1n) is 11.1. The van der Waals surface area contributed by atoms with Crippen LogP contribution in [0.4, 0.5) is 0 Å². The van der Waals surface area contributed by atoms with Gasteiger partial charge >= 0.3 is 0 Å². The van der Waals surface area contributed by atoms with Gasteiger partial charge in [-0.15, -0.1) is 0 Å². The first-order chi connectivity index (χ1) is 14.0. The molecule has 0 radical (unpaired) electrons. The highest BCUT2D eigenvalue weighted by atomic mass is 16.5. The van der Waals surface area contributed by atoms with Gasteiger partial charge in [-0.05, 0) is 63.7 Å². The second-order valence-electron chi connectivity index (χ2n) is 9.60. The molecule has 1 N–H and O–H groups in total. The molecular weight excluding hydrogens is 370 g/mol. The summed E-state index contributed by atoms with van der Waals surface area (Å²) in [7, 11) is 0. The van der Waals surface area contributed by atoms with E-state index in [-0.39, 0.29) is 23.3 Å². The average molecular weight is 402 g/mol. The topological polar surface area (TPSA) is 91.6 Å². The number of hydrogen-bond acceptors (Lipinski definition) is 6. The number of carbonyl (C=O) groups is 2. The van der Waals surface area contributed by atoms with E-state index in [0.717, 1.165) is 64.6 Å². The van der Waals surface area contributed by atoms with Crippen LogP contribution in [0, 0.1) is 18.3 Å². The fraction of sp³-hybridized carbons (Fsp3) is 0.810. The third-order valence-electron chi connectivity index (χ3n) is 7.31. The molecule has 1 atom stereocenters. The highest BCUT2D eigenvalue weighted by Gasteiger charge is 2.49. The molecule has 1 aromatic rings. The van der Waals surface area contributed by atoms with E-state index in [9.17, 15) is 9.59 Å². The van der Waals surface area contributed by atoms with Crippen molar-refractivity contribution in [3.63, 3.8) is 0 Å². The molecule has 8 heteroatoms. The molecule has 2 aliphatic heterocycles. The molecule has 1 aromatic heterocycles. The molecule has 8 nitrogen and oxygen atoms in total. The molecule has 5 rings (SSSR count). The van der Waals surface area contributed by atoms with Crippen molar-refractivity contribution in [1.82, 2.24) is 25.3 Å². The van der Waals surface area contributed by atoms with Crippen LogP contribution < -0.4 is 5.32 Å². The van der Waals surface area contributed by atoms with Gasteiger partial charge in [0.15, 0.2) is 5.82 Å². The third-order valence-corrected chi connectivity index (χ3v) is 7.31. The zero-order valence-electron chi connectivity index (χ0n) is 17.2. The van der Waals surface area contributed by atoms with Gasteiger partial charge in [0.25, 0.3) is 0 Å². The predicted octanol–water partition coefficient (Wildman–Crippen LogP) is 1.81. The van der Waals surface area contributed by atoms with Crippen LogP contribution >= 0.6 is 0 Å². The summed E-state index contributed by atoms with van der Waals surface area (Å²) in [5.41, 5.74) is 0.115. The second kappa shape index (κ2) is 7.38. The Balaban J connectivity index is 1.27. The molecular formula is C21H31N5O3. The van der Waals surface area contributed by atoms with Gasteiger partial charge in [0.05, 0.1) is 12.6 Å². The Kier molecular flexibility index (Phi) is 4.84. The van der Waals surface area contributed by atoms with Crippen molar-refractivity contribution in [2.75, 3.05) is 26.2 Å². The van der Waals surface area contributed by atoms with Crippen molar-refractivity contribution in [1.29, 1.82) is 0 Å². The minimum Gasteiger partial charge on any atom is -0.352 e. The normalized spacial score (nSPS) is 27.2. The van der Waals surface area contributed by atoms with Crippen molar-refractivity contribution < 1.29 is 14.1 Å². The molecule has 2 amide bonds. The quantitative estimate of drug-likeness (QED) is 0.809. The van der Waals surface area contributed by atoms with Crippen molar-refractivity contribution in [2.45, 2.75) is 70.4 Å². The number of nitrogens with zero attached hydrogens (tertiary/aromatic N) is 4. The molecule has 0 bridgehead atoms. The molecule has 158 valence electrons. The third kappa shape index (κ3) is 3.91. The van der Waals surface area contributed by atoms with Crippen LogP contribution in [-0.4, -0.2) is 64.0 Å². The Bertz CT molecular complexity index is 777. The fourth-order valence-electron chi connectivity index (χ4n) is 5.17. The van der Waals surface area contributed by atoms with Crippen LogP contribution in [0.25, 0.3) is 0 Å². The summed E-state index contributed by atoms with van der Waals surface area (Å²) in [4.78, 5) is 33.8. The lowest BCUT2D eigenvalue weighted by Gasteiger charge is -2.39. The summed E-state index contributed by atoms with van der Waals surface area (Å²) in [5, 5.41) is 7.13. The number of piperidine rings is 1. The van der Waals surface area contributed by atoms with Gasteiger partial charge in [-0.3, -0.25) is 14.5 Å². The largest absolute Gasteiger partial charge is 0.352 e. The van der Waals surface area contributed by atoms with E-state index in [2.05, 4.69) is 25.3 Å². The van der Waals surface area contributed by atoms with Crippen LogP contribution in [0.2, 0.25) is 0 Å². The van der Waals surface area contributed by atoms with Gasteiger partial charge in [-0.2, -0.15) is 4.98 Å². The Labute approximate surface area is 171 Å². The molecule has 29 heavy (non-hydrogen) atoms. The van der Waals surface area contributed by atoms with Gasteiger partial charge in [0, 0.05) is 31.6 Å². The van der Waals surface area contributed by atoms with Crippen molar-refractivity contribution in [2.24, 2.45) is 11.3 Å². The van der Waals surface area contributed by atoms with Crippen molar-refractivity contribution in [3.05, 3.63) is 11.7 Å². The summed E-state index contributed by atoms with van der Waals surface area (Å²) >= 11 is 0. The maximum Gasteiger partial charge on any atom is 0.244 e. The lowest BCUT2D eigenvalue weighted by molar-refractivity contribution is -0.134. The summed E-state index contributed by atoms with van der Waals surface area (Å²) in [5.74, 6) is 1.97. The first kappa shape index (κ1) is 19.0.